The van der Waals surface area contributed by atoms with Crippen molar-refractivity contribution in [1.82, 2.24) is 10.2 Å². The van der Waals surface area contributed by atoms with Gasteiger partial charge in [-0.3, -0.25) is 9.69 Å². The van der Waals surface area contributed by atoms with E-state index in [2.05, 4.69) is 53.7 Å². The van der Waals surface area contributed by atoms with Crippen molar-refractivity contribution in [2.45, 2.75) is 45.1 Å². The van der Waals surface area contributed by atoms with Gasteiger partial charge in [-0.15, -0.1) is 11.3 Å². The average Bonchev–Trinajstić information content (AvgIpc) is 3.22. The molecule has 0 bridgehead atoms. The quantitative estimate of drug-likeness (QED) is 0.721. The van der Waals surface area contributed by atoms with Crippen LogP contribution in [0.5, 0.6) is 5.75 Å². The summed E-state index contributed by atoms with van der Waals surface area (Å²) in [5.41, 5.74) is 1.27. The largest absolute Gasteiger partial charge is 0.484 e. The lowest BCUT2D eigenvalue weighted by molar-refractivity contribution is -0.123. The third-order valence-electron chi connectivity index (χ3n) is 5.11. The predicted octanol–water partition coefficient (Wildman–Crippen LogP) is 4.59. The van der Waals surface area contributed by atoms with Crippen LogP contribution in [0.2, 0.25) is 0 Å². The normalized spacial score (nSPS) is 16.3. The number of nitrogens with one attached hydrogen (secondary N) is 1. The molecule has 2 aromatic rings. The van der Waals surface area contributed by atoms with Crippen molar-refractivity contribution in [3.05, 3.63) is 52.2 Å². The molecule has 27 heavy (non-hydrogen) atoms. The lowest BCUT2D eigenvalue weighted by Gasteiger charge is -2.34. The fourth-order valence-electron chi connectivity index (χ4n) is 3.48. The predicted molar refractivity (Wildman–Crippen MR) is 112 cm³/mol. The summed E-state index contributed by atoms with van der Waals surface area (Å²) < 4.78 is 5.65. The van der Waals surface area contributed by atoms with E-state index in [1.54, 1.807) is 11.3 Å². The van der Waals surface area contributed by atoms with Crippen LogP contribution in [0.3, 0.4) is 0 Å². The van der Waals surface area contributed by atoms with Gasteiger partial charge in [0, 0.05) is 11.4 Å². The van der Waals surface area contributed by atoms with Gasteiger partial charge in [-0.25, -0.2) is 0 Å². The van der Waals surface area contributed by atoms with E-state index in [0.717, 1.165) is 18.8 Å². The highest BCUT2D eigenvalue weighted by Crippen LogP contribution is 2.27. The molecule has 0 radical (unpaired) electrons. The Bertz CT molecular complexity index is 692. The van der Waals surface area contributed by atoms with Crippen LogP contribution >= 0.6 is 11.3 Å². The molecule has 1 unspecified atom stereocenters. The number of carbonyl (C=O) groups excluding carboxylic acids is 1. The lowest BCUT2D eigenvalue weighted by Crippen LogP contribution is -2.41. The molecular weight excluding hydrogens is 356 g/mol. The van der Waals surface area contributed by atoms with Crippen molar-refractivity contribution in [2.75, 3.05) is 26.2 Å². The molecule has 1 aliphatic heterocycles. The summed E-state index contributed by atoms with van der Waals surface area (Å²) in [6.07, 6.45) is 3.79. The zero-order chi connectivity index (χ0) is 19.1. The van der Waals surface area contributed by atoms with Crippen LogP contribution in [0, 0.1) is 0 Å². The van der Waals surface area contributed by atoms with Crippen LogP contribution in [0.25, 0.3) is 0 Å². The Kier molecular flexibility index (Phi) is 7.30. The van der Waals surface area contributed by atoms with E-state index in [9.17, 15) is 4.79 Å². The molecule has 4 nitrogen and oxygen atoms in total. The third-order valence-corrected chi connectivity index (χ3v) is 6.09. The molecule has 1 N–H and O–H groups in total. The molecule has 0 saturated carbocycles. The number of carbonyl (C=O) groups is 1. The third kappa shape index (κ3) is 5.81. The molecule has 5 heteroatoms. The van der Waals surface area contributed by atoms with Crippen molar-refractivity contribution >= 4 is 17.2 Å². The maximum atomic E-state index is 12.3. The fraction of sp³-hybridized carbons (Fsp3) is 0.500. The van der Waals surface area contributed by atoms with Crippen LogP contribution in [0.4, 0.5) is 0 Å². The Morgan fingerprint density at radius 2 is 1.89 bits per heavy atom. The number of ether oxygens (including phenoxy) is 1. The smallest absolute Gasteiger partial charge is 0.258 e. The minimum atomic E-state index is -0.0681. The van der Waals surface area contributed by atoms with Crippen molar-refractivity contribution in [2.24, 2.45) is 0 Å². The van der Waals surface area contributed by atoms with E-state index in [4.69, 9.17) is 4.74 Å². The SMILES string of the molecule is CC(C)c1ccc(OCC(=O)NCC(c2cccs2)N2CCCCC2)cc1. The van der Waals surface area contributed by atoms with Gasteiger partial charge >= 0.3 is 0 Å². The summed E-state index contributed by atoms with van der Waals surface area (Å²) in [7, 11) is 0. The minimum Gasteiger partial charge on any atom is -0.484 e. The first-order valence-corrected chi connectivity index (χ1v) is 10.8. The summed E-state index contributed by atoms with van der Waals surface area (Å²) in [5.74, 6) is 1.16. The van der Waals surface area contributed by atoms with Crippen molar-refractivity contribution in [1.29, 1.82) is 0 Å². The summed E-state index contributed by atoms with van der Waals surface area (Å²) in [6, 6.07) is 12.5. The Labute approximate surface area is 166 Å². The fourth-order valence-corrected chi connectivity index (χ4v) is 4.34. The second-order valence-electron chi connectivity index (χ2n) is 7.44. The molecule has 1 aliphatic rings. The van der Waals surface area contributed by atoms with Crippen molar-refractivity contribution < 1.29 is 9.53 Å². The topological polar surface area (TPSA) is 41.6 Å². The number of nitrogens with zero attached hydrogens (tertiary/aromatic N) is 1. The highest BCUT2D eigenvalue weighted by molar-refractivity contribution is 7.10. The van der Waals surface area contributed by atoms with Gasteiger partial charge in [-0.2, -0.15) is 0 Å². The van der Waals surface area contributed by atoms with E-state index >= 15 is 0 Å². The molecule has 1 atom stereocenters. The van der Waals surface area contributed by atoms with Gasteiger partial charge in [0.15, 0.2) is 6.61 Å². The maximum Gasteiger partial charge on any atom is 0.258 e. The van der Waals surface area contributed by atoms with E-state index in [0.29, 0.717) is 12.5 Å². The molecule has 1 aromatic heterocycles. The molecular formula is C22H30N2O2S. The molecule has 1 fully saturated rings. The summed E-state index contributed by atoms with van der Waals surface area (Å²) >= 11 is 1.77. The Hall–Kier alpha value is -1.85. The number of benzene rings is 1. The van der Waals surface area contributed by atoms with Crippen molar-refractivity contribution in [3.63, 3.8) is 0 Å². The molecule has 146 valence electrons. The Balaban J connectivity index is 1.50. The molecule has 3 rings (SSSR count). The number of likely N-dealkylation sites (tertiary alicyclic amines) is 1. The van der Waals surface area contributed by atoms with E-state index in [1.807, 2.05) is 12.1 Å². The minimum absolute atomic E-state index is 0.0538. The maximum absolute atomic E-state index is 12.3. The number of piperidine rings is 1. The van der Waals surface area contributed by atoms with Crippen LogP contribution in [0.15, 0.2) is 41.8 Å². The second-order valence-corrected chi connectivity index (χ2v) is 8.42. The lowest BCUT2D eigenvalue weighted by atomic mass is 10.0. The second kappa shape index (κ2) is 9.90. The van der Waals surface area contributed by atoms with Gasteiger partial charge in [0.2, 0.25) is 0 Å². The highest BCUT2D eigenvalue weighted by atomic mass is 32.1. The van der Waals surface area contributed by atoms with Crippen LogP contribution in [0.1, 0.15) is 55.5 Å². The monoisotopic (exact) mass is 386 g/mol. The zero-order valence-electron chi connectivity index (χ0n) is 16.3. The zero-order valence-corrected chi connectivity index (χ0v) is 17.1. The Morgan fingerprint density at radius 1 is 1.15 bits per heavy atom. The molecule has 2 heterocycles. The average molecular weight is 387 g/mol. The van der Waals surface area contributed by atoms with Gasteiger partial charge in [-0.1, -0.05) is 38.5 Å². The van der Waals surface area contributed by atoms with Gasteiger partial charge in [0.05, 0.1) is 6.04 Å². The first-order chi connectivity index (χ1) is 13.1. The number of thiophene rings is 1. The van der Waals surface area contributed by atoms with Gasteiger partial charge in [0.25, 0.3) is 5.91 Å². The van der Waals surface area contributed by atoms with Gasteiger partial charge in [0.1, 0.15) is 5.75 Å². The summed E-state index contributed by atoms with van der Waals surface area (Å²) in [4.78, 5) is 16.1. The first-order valence-electron chi connectivity index (χ1n) is 9.90. The molecule has 0 spiro atoms. The van der Waals surface area contributed by atoms with Crippen LogP contribution in [-0.4, -0.2) is 37.0 Å². The number of rotatable bonds is 8. The molecule has 1 amide bonds. The summed E-state index contributed by atoms with van der Waals surface area (Å²) in [6.45, 7) is 7.23. The molecule has 1 aromatic carbocycles. The first kappa shape index (κ1) is 19.9. The number of hydrogen-bond acceptors (Lipinski definition) is 4. The van der Waals surface area contributed by atoms with E-state index in [-0.39, 0.29) is 18.6 Å². The van der Waals surface area contributed by atoms with Crippen molar-refractivity contribution in [3.8, 4) is 5.75 Å². The number of amides is 1. The molecule has 0 aliphatic carbocycles. The van der Waals surface area contributed by atoms with Gasteiger partial charge in [-0.05, 0) is 61.0 Å². The standard InChI is InChI=1S/C22H30N2O2S/c1-17(2)18-8-10-19(11-9-18)26-16-22(25)23-15-20(21-7-6-14-27-21)24-12-4-3-5-13-24/h6-11,14,17,20H,3-5,12-13,15-16H2,1-2H3,(H,23,25). The van der Waals surface area contributed by atoms with E-state index in [1.165, 1.54) is 29.7 Å². The van der Waals surface area contributed by atoms with Crippen LogP contribution < -0.4 is 10.1 Å². The van der Waals surface area contributed by atoms with Crippen LogP contribution in [-0.2, 0) is 4.79 Å². The summed E-state index contributed by atoms with van der Waals surface area (Å²) in [5, 5.41) is 5.18. The van der Waals surface area contributed by atoms with Gasteiger partial charge < -0.3 is 10.1 Å². The van der Waals surface area contributed by atoms with E-state index < -0.39 is 0 Å². The molecule has 1 saturated heterocycles. The Morgan fingerprint density at radius 3 is 2.52 bits per heavy atom. The highest BCUT2D eigenvalue weighted by Gasteiger charge is 2.23. The number of hydrogen-bond donors (Lipinski definition) is 1.